The molecule has 0 bridgehead atoms. The van der Waals surface area contributed by atoms with Crippen LogP contribution in [0.1, 0.15) is 36.5 Å². The smallest absolute Gasteiger partial charge is 0.177 e. The number of benzene rings is 1. The van der Waals surface area contributed by atoms with Gasteiger partial charge in [0.2, 0.25) is 0 Å². The van der Waals surface area contributed by atoms with E-state index in [0.717, 1.165) is 23.0 Å². The van der Waals surface area contributed by atoms with Crippen LogP contribution in [0, 0.1) is 0 Å². The maximum absolute atomic E-state index is 12.0. The second-order valence-corrected chi connectivity index (χ2v) is 5.20. The predicted molar refractivity (Wildman–Crippen MR) is 75.5 cm³/mol. The van der Waals surface area contributed by atoms with Gasteiger partial charge >= 0.3 is 0 Å². The van der Waals surface area contributed by atoms with Crippen molar-refractivity contribution in [1.29, 1.82) is 0 Å². The van der Waals surface area contributed by atoms with Gasteiger partial charge in [0.05, 0.1) is 6.54 Å². The molecule has 0 unspecified atom stereocenters. The van der Waals surface area contributed by atoms with Crippen molar-refractivity contribution in [2.24, 2.45) is 0 Å². The van der Waals surface area contributed by atoms with E-state index < -0.39 is 0 Å². The van der Waals surface area contributed by atoms with Crippen molar-refractivity contribution in [2.45, 2.75) is 26.2 Å². The highest BCUT2D eigenvalue weighted by Crippen LogP contribution is 2.16. The fourth-order valence-electron chi connectivity index (χ4n) is 1.73. The average Bonchev–Trinajstić information content (AvgIpc) is 2.29. The first-order valence-electron chi connectivity index (χ1n) is 6.11. The minimum Gasteiger partial charge on any atom is -0.299 e. The molecule has 1 rings (SSSR count). The minimum atomic E-state index is 0.177. The third-order valence-electron chi connectivity index (χ3n) is 2.73. The maximum Gasteiger partial charge on any atom is 0.177 e. The summed E-state index contributed by atoms with van der Waals surface area (Å²) >= 11 is 3.41. The molecule has 0 aliphatic carbocycles. The number of likely N-dealkylation sites (N-methyl/N-ethyl adjacent to an activating group) is 1. The topological polar surface area (TPSA) is 20.3 Å². The summed E-state index contributed by atoms with van der Waals surface area (Å²) in [6, 6.07) is 7.59. The van der Waals surface area contributed by atoms with E-state index in [-0.39, 0.29) is 5.78 Å². The van der Waals surface area contributed by atoms with Gasteiger partial charge in [-0.3, -0.25) is 9.69 Å². The lowest BCUT2D eigenvalue weighted by Crippen LogP contribution is -2.27. The Morgan fingerprint density at radius 2 is 2.00 bits per heavy atom. The van der Waals surface area contributed by atoms with Gasteiger partial charge in [-0.1, -0.05) is 53.9 Å². The third-order valence-corrected chi connectivity index (χ3v) is 3.42. The largest absolute Gasteiger partial charge is 0.299 e. The lowest BCUT2D eigenvalue weighted by atomic mass is 10.1. The molecule has 0 saturated heterocycles. The Morgan fingerprint density at radius 1 is 1.29 bits per heavy atom. The number of nitrogens with zero attached hydrogens (tertiary/aromatic N) is 1. The summed E-state index contributed by atoms with van der Waals surface area (Å²) in [5.41, 5.74) is 0.773. The minimum absolute atomic E-state index is 0.177. The highest BCUT2D eigenvalue weighted by Gasteiger charge is 2.11. The Bertz CT molecular complexity index is 365. The number of unbranched alkanes of at least 4 members (excludes halogenated alkanes) is 2. The highest BCUT2D eigenvalue weighted by molar-refractivity contribution is 9.10. The summed E-state index contributed by atoms with van der Waals surface area (Å²) in [5, 5.41) is 0. The van der Waals surface area contributed by atoms with Gasteiger partial charge in [-0.25, -0.2) is 0 Å². The fourth-order valence-corrected chi connectivity index (χ4v) is 2.23. The van der Waals surface area contributed by atoms with Crippen LogP contribution >= 0.6 is 15.9 Å². The molecule has 0 spiro atoms. The standard InChI is InChI=1S/C14H20BrNO/c1-3-4-7-10-16(2)11-14(17)12-8-5-6-9-13(12)15/h5-6,8-9H,3-4,7,10-11H2,1-2H3. The SMILES string of the molecule is CCCCCN(C)CC(=O)c1ccccc1Br. The van der Waals surface area contributed by atoms with Crippen LogP contribution < -0.4 is 0 Å². The second kappa shape index (κ2) is 7.62. The van der Waals surface area contributed by atoms with E-state index in [1.54, 1.807) is 0 Å². The first kappa shape index (κ1) is 14.4. The van der Waals surface area contributed by atoms with E-state index in [0.29, 0.717) is 6.54 Å². The van der Waals surface area contributed by atoms with E-state index in [1.807, 2.05) is 31.3 Å². The molecular formula is C14H20BrNO. The summed E-state index contributed by atoms with van der Waals surface area (Å²) in [5.74, 6) is 0.177. The van der Waals surface area contributed by atoms with Crippen LogP contribution in [0.15, 0.2) is 28.7 Å². The zero-order valence-corrected chi connectivity index (χ0v) is 12.2. The van der Waals surface area contributed by atoms with Crippen molar-refractivity contribution in [1.82, 2.24) is 4.90 Å². The molecule has 0 aliphatic heterocycles. The highest BCUT2D eigenvalue weighted by atomic mass is 79.9. The number of hydrogen-bond acceptors (Lipinski definition) is 2. The average molecular weight is 298 g/mol. The predicted octanol–water partition coefficient (Wildman–Crippen LogP) is 3.75. The van der Waals surface area contributed by atoms with E-state index >= 15 is 0 Å². The molecule has 1 aromatic rings. The van der Waals surface area contributed by atoms with Gasteiger partial charge in [0.1, 0.15) is 0 Å². The van der Waals surface area contributed by atoms with Crippen molar-refractivity contribution in [3.63, 3.8) is 0 Å². The molecule has 0 aromatic heterocycles. The zero-order valence-electron chi connectivity index (χ0n) is 10.6. The number of Topliss-reactive ketones (excluding diaryl/α,β-unsaturated/α-hetero) is 1. The summed E-state index contributed by atoms with van der Waals surface area (Å²) < 4.78 is 0.881. The molecule has 2 nitrogen and oxygen atoms in total. The molecule has 0 radical (unpaired) electrons. The molecule has 0 amide bonds. The molecule has 0 N–H and O–H groups in total. The lowest BCUT2D eigenvalue weighted by molar-refractivity contribution is 0.0944. The summed E-state index contributed by atoms with van der Waals surface area (Å²) in [6.07, 6.45) is 3.61. The van der Waals surface area contributed by atoms with Crippen LogP contribution in [0.4, 0.5) is 0 Å². The number of rotatable bonds is 7. The molecule has 3 heteroatoms. The third kappa shape index (κ3) is 5.00. The van der Waals surface area contributed by atoms with Crippen LogP contribution in [0.2, 0.25) is 0 Å². The monoisotopic (exact) mass is 297 g/mol. The molecule has 0 heterocycles. The Balaban J connectivity index is 2.46. The molecular weight excluding hydrogens is 278 g/mol. The summed E-state index contributed by atoms with van der Waals surface area (Å²) in [4.78, 5) is 14.1. The first-order valence-corrected chi connectivity index (χ1v) is 6.90. The molecule has 17 heavy (non-hydrogen) atoms. The van der Waals surface area contributed by atoms with Crippen LogP contribution in [-0.2, 0) is 0 Å². The molecule has 1 aromatic carbocycles. The lowest BCUT2D eigenvalue weighted by Gasteiger charge is -2.15. The maximum atomic E-state index is 12.0. The summed E-state index contributed by atoms with van der Waals surface area (Å²) in [7, 11) is 2.00. The van der Waals surface area contributed by atoms with E-state index in [9.17, 15) is 4.79 Å². The van der Waals surface area contributed by atoms with E-state index in [1.165, 1.54) is 12.8 Å². The number of halogens is 1. The van der Waals surface area contributed by atoms with Gasteiger partial charge in [0, 0.05) is 10.0 Å². The van der Waals surface area contributed by atoms with Gasteiger partial charge in [0.15, 0.2) is 5.78 Å². The number of carbonyl (C=O) groups is 1. The Kier molecular flexibility index (Phi) is 6.45. The van der Waals surface area contributed by atoms with Gasteiger partial charge < -0.3 is 0 Å². The van der Waals surface area contributed by atoms with Crippen LogP contribution in [0.3, 0.4) is 0 Å². The van der Waals surface area contributed by atoms with E-state index in [4.69, 9.17) is 0 Å². The van der Waals surface area contributed by atoms with Crippen LogP contribution in [-0.4, -0.2) is 30.8 Å². The Hall–Kier alpha value is -0.670. The van der Waals surface area contributed by atoms with Gasteiger partial charge in [0.25, 0.3) is 0 Å². The van der Waals surface area contributed by atoms with Crippen LogP contribution in [0.5, 0.6) is 0 Å². The van der Waals surface area contributed by atoms with Gasteiger partial charge in [-0.15, -0.1) is 0 Å². The van der Waals surface area contributed by atoms with Crippen molar-refractivity contribution in [3.05, 3.63) is 34.3 Å². The Morgan fingerprint density at radius 3 is 2.65 bits per heavy atom. The zero-order chi connectivity index (χ0) is 12.7. The number of ketones is 1. The number of carbonyl (C=O) groups excluding carboxylic acids is 1. The van der Waals surface area contributed by atoms with Crippen molar-refractivity contribution >= 4 is 21.7 Å². The molecule has 0 fully saturated rings. The first-order chi connectivity index (χ1) is 8.15. The normalized spacial score (nSPS) is 10.8. The van der Waals surface area contributed by atoms with Crippen LogP contribution in [0.25, 0.3) is 0 Å². The molecule has 0 aliphatic rings. The summed E-state index contributed by atoms with van der Waals surface area (Å²) in [6.45, 7) is 3.67. The van der Waals surface area contributed by atoms with Crippen molar-refractivity contribution in [3.8, 4) is 0 Å². The molecule has 94 valence electrons. The van der Waals surface area contributed by atoms with Crippen molar-refractivity contribution in [2.75, 3.05) is 20.1 Å². The molecule has 0 atom stereocenters. The molecule has 0 saturated carbocycles. The second-order valence-electron chi connectivity index (χ2n) is 4.35. The fraction of sp³-hybridized carbons (Fsp3) is 0.500. The number of hydrogen-bond donors (Lipinski definition) is 0. The van der Waals surface area contributed by atoms with E-state index in [2.05, 4.69) is 27.8 Å². The Labute approximate surface area is 112 Å². The quantitative estimate of drug-likeness (QED) is 0.564. The van der Waals surface area contributed by atoms with Crippen molar-refractivity contribution < 1.29 is 4.79 Å². The van der Waals surface area contributed by atoms with Gasteiger partial charge in [-0.2, -0.15) is 0 Å². The van der Waals surface area contributed by atoms with Gasteiger partial charge in [-0.05, 0) is 26.1 Å².